The van der Waals surface area contributed by atoms with Gasteiger partial charge in [-0.25, -0.2) is 0 Å². The van der Waals surface area contributed by atoms with Gasteiger partial charge in [0.1, 0.15) is 6.23 Å². The minimum Gasteiger partial charge on any atom is -0.359 e. The van der Waals surface area contributed by atoms with Gasteiger partial charge < -0.3 is 9.64 Å². The molecule has 98 valence electrons. The Bertz CT molecular complexity index is 417. The van der Waals surface area contributed by atoms with Crippen LogP contribution in [0.3, 0.4) is 0 Å². The van der Waals surface area contributed by atoms with E-state index in [4.69, 9.17) is 4.74 Å². The van der Waals surface area contributed by atoms with E-state index in [9.17, 15) is 4.79 Å². The lowest BCUT2D eigenvalue weighted by atomic mass is 10.0. The molecule has 1 aliphatic heterocycles. The molecule has 1 atom stereocenters. The Labute approximate surface area is 109 Å². The molecule has 1 fully saturated rings. The van der Waals surface area contributed by atoms with Gasteiger partial charge in [0, 0.05) is 13.0 Å². The van der Waals surface area contributed by atoms with Gasteiger partial charge in [0.05, 0.1) is 6.61 Å². The number of hydrogen-bond donors (Lipinski definition) is 0. The first-order valence-electron chi connectivity index (χ1n) is 6.64. The van der Waals surface area contributed by atoms with Crippen LogP contribution >= 0.6 is 0 Å². The predicted octanol–water partition coefficient (Wildman–Crippen LogP) is 2.52. The fourth-order valence-corrected chi connectivity index (χ4v) is 2.36. The number of benzene rings is 1. The van der Waals surface area contributed by atoms with E-state index in [1.165, 1.54) is 11.1 Å². The first-order chi connectivity index (χ1) is 8.68. The lowest BCUT2D eigenvalue weighted by Gasteiger charge is -2.33. The maximum atomic E-state index is 12.1. The van der Waals surface area contributed by atoms with Crippen molar-refractivity contribution >= 4 is 5.91 Å². The third-order valence-electron chi connectivity index (χ3n) is 3.53. The predicted molar refractivity (Wildman–Crippen MR) is 71.2 cm³/mol. The first kappa shape index (κ1) is 13.1. The zero-order chi connectivity index (χ0) is 13.0. The second kappa shape index (κ2) is 6.01. The molecule has 18 heavy (non-hydrogen) atoms. The fraction of sp³-hybridized carbons (Fsp3) is 0.533. The Kier molecular flexibility index (Phi) is 4.37. The van der Waals surface area contributed by atoms with E-state index in [1.807, 2.05) is 24.0 Å². The smallest absolute Gasteiger partial charge is 0.224 e. The molecule has 0 spiro atoms. The van der Waals surface area contributed by atoms with Gasteiger partial charge in [-0.1, -0.05) is 24.3 Å². The van der Waals surface area contributed by atoms with Crippen molar-refractivity contribution in [3.63, 3.8) is 0 Å². The van der Waals surface area contributed by atoms with E-state index in [0.717, 1.165) is 26.0 Å². The van der Waals surface area contributed by atoms with E-state index in [1.54, 1.807) is 0 Å². The number of amides is 1. The highest BCUT2D eigenvalue weighted by molar-refractivity contribution is 5.76. The highest BCUT2D eigenvalue weighted by Crippen LogP contribution is 2.14. The van der Waals surface area contributed by atoms with Crippen molar-refractivity contribution in [1.29, 1.82) is 0 Å². The van der Waals surface area contributed by atoms with Crippen LogP contribution in [0.1, 0.15) is 30.9 Å². The molecule has 0 aromatic heterocycles. The number of hydrogen-bond acceptors (Lipinski definition) is 2. The molecular weight excluding hydrogens is 226 g/mol. The summed E-state index contributed by atoms with van der Waals surface area (Å²) < 4.78 is 5.49. The topological polar surface area (TPSA) is 29.5 Å². The zero-order valence-electron chi connectivity index (χ0n) is 11.2. The molecular formula is C15H21NO2. The lowest BCUT2D eigenvalue weighted by molar-refractivity contribution is -0.151. The Morgan fingerprint density at radius 1 is 1.44 bits per heavy atom. The summed E-state index contributed by atoms with van der Waals surface area (Å²) in [5.74, 6) is 0.199. The highest BCUT2D eigenvalue weighted by Gasteiger charge is 2.23. The van der Waals surface area contributed by atoms with E-state index >= 15 is 0 Å². The standard InChI is InChI=1S/C15H21NO2/c1-12-6-3-4-7-14(12)8-9-15(17)16-10-5-11-18-13(16)2/h3-4,6-7,13H,5,8-11H2,1-2H3. The second-order valence-electron chi connectivity index (χ2n) is 4.84. The third-order valence-corrected chi connectivity index (χ3v) is 3.53. The average molecular weight is 247 g/mol. The van der Waals surface area contributed by atoms with Gasteiger partial charge in [-0.2, -0.15) is 0 Å². The third kappa shape index (κ3) is 3.10. The second-order valence-corrected chi connectivity index (χ2v) is 4.84. The fourth-order valence-electron chi connectivity index (χ4n) is 2.36. The molecule has 0 bridgehead atoms. The SMILES string of the molecule is Cc1ccccc1CCC(=O)N1CCCOC1C. The van der Waals surface area contributed by atoms with Crippen molar-refractivity contribution in [2.45, 2.75) is 39.3 Å². The van der Waals surface area contributed by atoms with E-state index < -0.39 is 0 Å². The van der Waals surface area contributed by atoms with Crippen LogP contribution in [0.4, 0.5) is 0 Å². The summed E-state index contributed by atoms with van der Waals surface area (Å²) >= 11 is 0. The summed E-state index contributed by atoms with van der Waals surface area (Å²) in [5.41, 5.74) is 2.52. The minimum absolute atomic E-state index is 0.0666. The average Bonchev–Trinajstić information content (AvgIpc) is 2.38. The van der Waals surface area contributed by atoms with Crippen LogP contribution in [0.2, 0.25) is 0 Å². The van der Waals surface area contributed by atoms with Crippen molar-refractivity contribution in [2.24, 2.45) is 0 Å². The maximum Gasteiger partial charge on any atom is 0.224 e. The van der Waals surface area contributed by atoms with E-state index in [-0.39, 0.29) is 12.1 Å². The van der Waals surface area contributed by atoms with Gasteiger partial charge in [-0.3, -0.25) is 4.79 Å². The van der Waals surface area contributed by atoms with Crippen molar-refractivity contribution in [1.82, 2.24) is 4.90 Å². The molecule has 1 aliphatic rings. The van der Waals surface area contributed by atoms with Gasteiger partial charge in [-0.05, 0) is 37.8 Å². The highest BCUT2D eigenvalue weighted by atomic mass is 16.5. The van der Waals surface area contributed by atoms with Crippen LogP contribution < -0.4 is 0 Å². The molecule has 1 heterocycles. The maximum absolute atomic E-state index is 12.1. The quantitative estimate of drug-likeness (QED) is 0.821. The molecule has 1 saturated heterocycles. The van der Waals surface area contributed by atoms with Crippen molar-refractivity contribution in [2.75, 3.05) is 13.2 Å². The van der Waals surface area contributed by atoms with Gasteiger partial charge >= 0.3 is 0 Å². The minimum atomic E-state index is -0.0666. The van der Waals surface area contributed by atoms with Crippen LogP contribution in [0.15, 0.2) is 24.3 Å². The molecule has 1 aromatic rings. The monoisotopic (exact) mass is 247 g/mol. The van der Waals surface area contributed by atoms with E-state index in [0.29, 0.717) is 6.42 Å². The molecule has 0 saturated carbocycles. The molecule has 0 N–H and O–H groups in total. The summed E-state index contributed by atoms with van der Waals surface area (Å²) in [7, 11) is 0. The molecule has 3 nitrogen and oxygen atoms in total. The molecule has 1 aromatic carbocycles. The number of nitrogens with zero attached hydrogens (tertiary/aromatic N) is 1. The summed E-state index contributed by atoms with van der Waals surface area (Å²) in [4.78, 5) is 14.0. The number of rotatable bonds is 3. The van der Waals surface area contributed by atoms with Gasteiger partial charge in [-0.15, -0.1) is 0 Å². The van der Waals surface area contributed by atoms with Crippen molar-refractivity contribution in [3.8, 4) is 0 Å². The Morgan fingerprint density at radius 3 is 2.94 bits per heavy atom. The Hall–Kier alpha value is -1.35. The summed E-state index contributed by atoms with van der Waals surface area (Å²) in [5, 5.41) is 0. The number of carbonyl (C=O) groups excluding carboxylic acids is 1. The van der Waals surface area contributed by atoms with Crippen LogP contribution in [-0.2, 0) is 16.0 Å². The summed E-state index contributed by atoms with van der Waals surface area (Å²) in [6.45, 7) is 5.63. The van der Waals surface area contributed by atoms with Crippen LogP contribution in [0.5, 0.6) is 0 Å². The molecule has 0 aliphatic carbocycles. The van der Waals surface area contributed by atoms with Crippen molar-refractivity contribution < 1.29 is 9.53 Å². The Balaban J connectivity index is 1.90. The van der Waals surface area contributed by atoms with Crippen LogP contribution in [0.25, 0.3) is 0 Å². The molecule has 1 unspecified atom stereocenters. The molecule has 2 rings (SSSR count). The number of aryl methyl sites for hydroxylation is 2. The van der Waals surface area contributed by atoms with Gasteiger partial charge in [0.2, 0.25) is 5.91 Å². The zero-order valence-corrected chi connectivity index (χ0v) is 11.2. The first-order valence-corrected chi connectivity index (χ1v) is 6.64. The number of ether oxygens (including phenoxy) is 1. The summed E-state index contributed by atoms with van der Waals surface area (Å²) in [6, 6.07) is 8.24. The summed E-state index contributed by atoms with van der Waals surface area (Å²) in [6.07, 6.45) is 2.26. The van der Waals surface area contributed by atoms with Gasteiger partial charge in [0.25, 0.3) is 0 Å². The van der Waals surface area contributed by atoms with Gasteiger partial charge in [0.15, 0.2) is 0 Å². The van der Waals surface area contributed by atoms with E-state index in [2.05, 4.69) is 19.1 Å². The largest absolute Gasteiger partial charge is 0.359 e. The molecule has 3 heteroatoms. The molecule has 0 radical (unpaired) electrons. The number of carbonyl (C=O) groups is 1. The van der Waals surface area contributed by atoms with Crippen LogP contribution in [-0.4, -0.2) is 30.2 Å². The Morgan fingerprint density at radius 2 is 2.22 bits per heavy atom. The lowest BCUT2D eigenvalue weighted by Crippen LogP contribution is -2.44. The van der Waals surface area contributed by atoms with Crippen molar-refractivity contribution in [3.05, 3.63) is 35.4 Å². The normalized spacial score (nSPS) is 19.9. The van der Waals surface area contributed by atoms with Crippen LogP contribution in [0, 0.1) is 6.92 Å². The molecule has 1 amide bonds.